The van der Waals surface area contributed by atoms with Crippen LogP contribution in [0.4, 0.5) is 5.69 Å². The largest absolute Gasteiger partial charge is 0.493 e. The number of piperidine rings is 1. The first kappa shape index (κ1) is 22.9. The molecule has 0 radical (unpaired) electrons. The number of likely N-dealkylation sites (tertiary alicyclic amines) is 1. The van der Waals surface area contributed by atoms with Crippen LogP contribution < -0.4 is 10.1 Å². The SMILES string of the molecule is O=C(O)c1ccccc1CCOc1cccc(CN2CCC[C@H](Nc3ccc4[nH]ncc4c3)C2)c1. The van der Waals surface area contributed by atoms with E-state index in [2.05, 4.69) is 50.7 Å². The first-order valence-corrected chi connectivity index (χ1v) is 12.1. The Morgan fingerprint density at radius 3 is 2.97 bits per heavy atom. The fourth-order valence-corrected chi connectivity index (χ4v) is 4.80. The van der Waals surface area contributed by atoms with Crippen molar-refractivity contribution in [1.29, 1.82) is 0 Å². The van der Waals surface area contributed by atoms with Gasteiger partial charge in [0.15, 0.2) is 0 Å². The molecule has 0 aliphatic carbocycles. The summed E-state index contributed by atoms with van der Waals surface area (Å²) in [4.78, 5) is 13.9. The molecule has 35 heavy (non-hydrogen) atoms. The van der Waals surface area contributed by atoms with E-state index in [0.717, 1.165) is 60.4 Å². The van der Waals surface area contributed by atoms with Crippen molar-refractivity contribution in [3.05, 3.63) is 89.6 Å². The molecule has 180 valence electrons. The average Bonchev–Trinajstić information content (AvgIpc) is 3.33. The number of carboxylic acids is 1. The maximum Gasteiger partial charge on any atom is 0.335 e. The topological polar surface area (TPSA) is 90.5 Å². The molecule has 1 atom stereocenters. The lowest BCUT2D eigenvalue weighted by molar-refractivity contribution is 0.0695. The molecule has 5 rings (SSSR count). The number of carboxylic acid groups (broad SMARTS) is 1. The normalized spacial score (nSPS) is 16.3. The van der Waals surface area contributed by atoms with Gasteiger partial charge in [-0.25, -0.2) is 4.79 Å². The molecule has 0 amide bonds. The molecule has 1 fully saturated rings. The smallest absolute Gasteiger partial charge is 0.335 e. The van der Waals surface area contributed by atoms with Gasteiger partial charge in [-0.1, -0.05) is 30.3 Å². The summed E-state index contributed by atoms with van der Waals surface area (Å²) in [6.07, 6.45) is 4.72. The Morgan fingerprint density at radius 1 is 1.14 bits per heavy atom. The Kier molecular flexibility index (Phi) is 6.95. The quantitative estimate of drug-likeness (QED) is 0.320. The van der Waals surface area contributed by atoms with E-state index in [1.54, 1.807) is 12.1 Å². The molecule has 1 aromatic heterocycles. The Balaban J connectivity index is 1.15. The van der Waals surface area contributed by atoms with E-state index in [4.69, 9.17) is 4.74 Å². The number of benzene rings is 3. The van der Waals surface area contributed by atoms with Gasteiger partial charge in [0.1, 0.15) is 5.75 Å². The molecule has 3 N–H and O–H groups in total. The van der Waals surface area contributed by atoms with Crippen molar-refractivity contribution in [2.45, 2.75) is 31.8 Å². The number of aromatic carboxylic acids is 1. The van der Waals surface area contributed by atoms with Crippen molar-refractivity contribution in [2.75, 3.05) is 25.0 Å². The van der Waals surface area contributed by atoms with Crippen LogP contribution in [0.15, 0.2) is 72.9 Å². The van der Waals surface area contributed by atoms with Gasteiger partial charge < -0.3 is 15.2 Å². The number of nitrogens with one attached hydrogen (secondary N) is 2. The van der Waals surface area contributed by atoms with Gasteiger partial charge in [-0.3, -0.25) is 10.00 Å². The van der Waals surface area contributed by atoms with Gasteiger partial charge in [-0.15, -0.1) is 0 Å². The van der Waals surface area contributed by atoms with Crippen LogP contribution in [0.5, 0.6) is 5.75 Å². The number of aromatic nitrogens is 2. The van der Waals surface area contributed by atoms with Crippen LogP contribution in [0, 0.1) is 0 Å². The summed E-state index contributed by atoms with van der Waals surface area (Å²) in [6.45, 7) is 3.37. The number of ether oxygens (including phenoxy) is 1. The summed E-state index contributed by atoms with van der Waals surface area (Å²) >= 11 is 0. The lowest BCUT2D eigenvalue weighted by Crippen LogP contribution is -2.41. The number of hydrogen-bond acceptors (Lipinski definition) is 5. The molecule has 0 spiro atoms. The molecule has 4 aromatic rings. The molecular weight excluding hydrogens is 440 g/mol. The number of H-pyrrole nitrogens is 1. The number of aromatic amines is 1. The second kappa shape index (κ2) is 10.6. The van der Waals surface area contributed by atoms with Crippen LogP contribution in [0.3, 0.4) is 0 Å². The van der Waals surface area contributed by atoms with E-state index in [1.807, 2.05) is 30.5 Å². The molecule has 0 unspecified atom stereocenters. The van der Waals surface area contributed by atoms with Crippen molar-refractivity contribution >= 4 is 22.6 Å². The van der Waals surface area contributed by atoms with E-state index in [9.17, 15) is 9.90 Å². The molecular formula is C28H30N4O3. The molecule has 7 nitrogen and oxygen atoms in total. The predicted octanol–water partition coefficient (Wildman–Crippen LogP) is 4.96. The molecule has 1 aliphatic rings. The second-order valence-corrected chi connectivity index (χ2v) is 9.10. The number of nitrogens with zero attached hydrogens (tertiary/aromatic N) is 2. The molecule has 1 saturated heterocycles. The van der Waals surface area contributed by atoms with Crippen LogP contribution in [-0.2, 0) is 13.0 Å². The number of anilines is 1. The summed E-state index contributed by atoms with van der Waals surface area (Å²) in [6, 6.07) is 22.0. The third kappa shape index (κ3) is 5.81. The Bertz CT molecular complexity index is 1300. The minimum Gasteiger partial charge on any atom is -0.493 e. The Labute approximate surface area is 204 Å². The van der Waals surface area contributed by atoms with E-state index in [1.165, 1.54) is 5.56 Å². The van der Waals surface area contributed by atoms with Crippen LogP contribution in [-0.4, -0.2) is 51.9 Å². The Hall–Kier alpha value is -3.84. The molecule has 7 heteroatoms. The zero-order valence-corrected chi connectivity index (χ0v) is 19.6. The van der Waals surface area contributed by atoms with Crippen LogP contribution in [0.1, 0.15) is 34.3 Å². The fourth-order valence-electron chi connectivity index (χ4n) is 4.80. The van der Waals surface area contributed by atoms with Crippen LogP contribution in [0.2, 0.25) is 0 Å². The summed E-state index contributed by atoms with van der Waals surface area (Å²) < 4.78 is 5.97. The standard InChI is InChI=1S/C28H30N4O3/c33-28(34)26-9-2-1-6-21(26)12-14-35-25-8-3-5-20(15-25)18-32-13-4-7-24(19-32)30-23-10-11-27-22(16-23)17-29-31-27/h1-3,5-6,8-11,15-17,24,30H,4,7,12-14,18-19H2,(H,29,31)(H,33,34)/t24-/m0/s1. The summed E-state index contributed by atoms with van der Waals surface area (Å²) in [7, 11) is 0. The fraction of sp³-hybridized carbons (Fsp3) is 0.286. The second-order valence-electron chi connectivity index (χ2n) is 9.10. The van der Waals surface area contributed by atoms with Gasteiger partial charge in [-0.2, -0.15) is 5.10 Å². The third-order valence-corrected chi connectivity index (χ3v) is 6.51. The summed E-state index contributed by atoms with van der Waals surface area (Å²) in [5.41, 5.74) is 4.52. The van der Waals surface area contributed by atoms with Crippen molar-refractivity contribution in [3.8, 4) is 5.75 Å². The molecule has 1 aliphatic heterocycles. The van der Waals surface area contributed by atoms with E-state index >= 15 is 0 Å². The van der Waals surface area contributed by atoms with Crippen molar-refractivity contribution < 1.29 is 14.6 Å². The minimum atomic E-state index is -0.904. The zero-order chi connectivity index (χ0) is 24.0. The highest BCUT2D eigenvalue weighted by molar-refractivity contribution is 5.89. The van der Waals surface area contributed by atoms with Crippen molar-refractivity contribution in [2.24, 2.45) is 0 Å². The summed E-state index contributed by atoms with van der Waals surface area (Å²) in [5.74, 6) is -0.0886. The lowest BCUT2D eigenvalue weighted by atomic mass is 10.0. The molecule has 0 saturated carbocycles. The molecule has 3 aromatic carbocycles. The van der Waals surface area contributed by atoms with E-state index in [0.29, 0.717) is 24.6 Å². The van der Waals surface area contributed by atoms with E-state index in [-0.39, 0.29) is 0 Å². The van der Waals surface area contributed by atoms with Crippen LogP contribution in [0.25, 0.3) is 10.9 Å². The zero-order valence-electron chi connectivity index (χ0n) is 19.6. The highest BCUT2D eigenvalue weighted by Gasteiger charge is 2.20. The van der Waals surface area contributed by atoms with Crippen molar-refractivity contribution in [3.63, 3.8) is 0 Å². The predicted molar refractivity (Wildman–Crippen MR) is 137 cm³/mol. The highest BCUT2D eigenvalue weighted by atomic mass is 16.5. The summed E-state index contributed by atoms with van der Waals surface area (Å²) in [5, 5.41) is 21.3. The molecule has 2 heterocycles. The van der Waals surface area contributed by atoms with Crippen LogP contribution >= 0.6 is 0 Å². The number of rotatable bonds is 9. The monoisotopic (exact) mass is 470 g/mol. The van der Waals surface area contributed by atoms with Gasteiger partial charge in [0, 0.05) is 36.6 Å². The van der Waals surface area contributed by atoms with Gasteiger partial charge >= 0.3 is 5.97 Å². The van der Waals surface area contributed by atoms with Gasteiger partial charge in [-0.05, 0) is 66.9 Å². The Morgan fingerprint density at radius 2 is 2.06 bits per heavy atom. The number of carbonyl (C=O) groups is 1. The van der Waals surface area contributed by atoms with Crippen molar-refractivity contribution in [1.82, 2.24) is 15.1 Å². The van der Waals surface area contributed by atoms with Gasteiger partial charge in [0.2, 0.25) is 0 Å². The van der Waals surface area contributed by atoms with Gasteiger partial charge in [0.25, 0.3) is 0 Å². The molecule has 0 bridgehead atoms. The maximum absolute atomic E-state index is 11.4. The number of hydrogen-bond donors (Lipinski definition) is 3. The first-order valence-electron chi connectivity index (χ1n) is 12.1. The first-order chi connectivity index (χ1) is 17.1. The minimum absolute atomic E-state index is 0.336. The maximum atomic E-state index is 11.4. The third-order valence-electron chi connectivity index (χ3n) is 6.51. The number of fused-ring (bicyclic) bond motifs is 1. The van der Waals surface area contributed by atoms with Gasteiger partial charge in [0.05, 0.1) is 23.9 Å². The average molecular weight is 471 g/mol. The highest BCUT2D eigenvalue weighted by Crippen LogP contribution is 2.22. The lowest BCUT2D eigenvalue weighted by Gasteiger charge is -2.33. The van der Waals surface area contributed by atoms with E-state index < -0.39 is 5.97 Å².